The number of rotatable bonds is 3. The fourth-order valence-corrected chi connectivity index (χ4v) is 2.17. The summed E-state index contributed by atoms with van der Waals surface area (Å²) in [5.41, 5.74) is 0.904. The van der Waals surface area contributed by atoms with E-state index in [0.717, 1.165) is 31.4 Å². The van der Waals surface area contributed by atoms with E-state index in [4.69, 9.17) is 0 Å². The molecule has 1 aliphatic carbocycles. The van der Waals surface area contributed by atoms with E-state index in [9.17, 15) is 15.2 Å². The molecular formula is C12H16N2O3. The zero-order chi connectivity index (χ0) is 12.3. The molecule has 5 heteroatoms. The molecule has 0 spiro atoms. The topological polar surface area (TPSA) is 75.4 Å². The fraction of sp³-hybridized carbons (Fsp3) is 0.500. The number of nitro benzene ring substituents is 1. The summed E-state index contributed by atoms with van der Waals surface area (Å²) in [5.74, 6) is 0. The lowest BCUT2D eigenvalue weighted by Crippen LogP contribution is -2.36. The van der Waals surface area contributed by atoms with E-state index in [2.05, 4.69) is 5.32 Å². The fourth-order valence-electron chi connectivity index (χ4n) is 2.17. The highest BCUT2D eigenvalue weighted by molar-refractivity contribution is 5.49. The minimum atomic E-state index is -0.417. The van der Waals surface area contributed by atoms with Gasteiger partial charge in [-0.1, -0.05) is 12.8 Å². The molecule has 17 heavy (non-hydrogen) atoms. The molecule has 0 heterocycles. The Kier molecular flexibility index (Phi) is 3.58. The van der Waals surface area contributed by atoms with Crippen LogP contribution in [0, 0.1) is 10.1 Å². The van der Waals surface area contributed by atoms with Crippen LogP contribution < -0.4 is 5.32 Å². The molecule has 0 unspecified atom stereocenters. The molecule has 1 aliphatic rings. The smallest absolute Gasteiger partial charge is 0.269 e. The predicted octanol–water partition coefficient (Wildman–Crippen LogP) is 2.31. The largest absolute Gasteiger partial charge is 0.391 e. The molecule has 1 fully saturated rings. The van der Waals surface area contributed by atoms with Crippen LogP contribution in [0.4, 0.5) is 11.4 Å². The van der Waals surface area contributed by atoms with Gasteiger partial charge in [-0.15, -0.1) is 0 Å². The molecule has 1 aromatic carbocycles. The summed E-state index contributed by atoms with van der Waals surface area (Å²) in [6, 6.07) is 6.36. The van der Waals surface area contributed by atoms with Gasteiger partial charge in [-0.3, -0.25) is 10.1 Å². The molecule has 0 bridgehead atoms. The number of non-ortho nitro benzene ring substituents is 1. The first-order valence-corrected chi connectivity index (χ1v) is 5.86. The summed E-state index contributed by atoms with van der Waals surface area (Å²) in [7, 11) is 0. The Morgan fingerprint density at radius 1 is 1.24 bits per heavy atom. The number of nitro groups is 1. The highest BCUT2D eigenvalue weighted by atomic mass is 16.6. The van der Waals surface area contributed by atoms with Gasteiger partial charge in [0, 0.05) is 17.8 Å². The molecule has 1 aromatic rings. The normalized spacial score (nSPS) is 24.3. The number of anilines is 1. The van der Waals surface area contributed by atoms with Crippen LogP contribution >= 0.6 is 0 Å². The van der Waals surface area contributed by atoms with Crippen molar-refractivity contribution in [3.8, 4) is 0 Å². The molecule has 5 nitrogen and oxygen atoms in total. The Balaban J connectivity index is 2.00. The highest BCUT2D eigenvalue weighted by Crippen LogP contribution is 2.23. The molecule has 1 saturated carbocycles. The van der Waals surface area contributed by atoms with Gasteiger partial charge in [0.25, 0.3) is 5.69 Å². The van der Waals surface area contributed by atoms with E-state index in [1.165, 1.54) is 12.1 Å². The second-order valence-electron chi connectivity index (χ2n) is 4.41. The first-order valence-electron chi connectivity index (χ1n) is 5.86. The van der Waals surface area contributed by atoms with Crippen LogP contribution in [0.2, 0.25) is 0 Å². The number of benzene rings is 1. The van der Waals surface area contributed by atoms with Gasteiger partial charge in [0.1, 0.15) is 0 Å². The maximum absolute atomic E-state index is 10.5. The molecular weight excluding hydrogens is 220 g/mol. The summed E-state index contributed by atoms with van der Waals surface area (Å²) in [6.07, 6.45) is 3.63. The second kappa shape index (κ2) is 5.14. The lowest BCUT2D eigenvalue weighted by molar-refractivity contribution is -0.384. The summed E-state index contributed by atoms with van der Waals surface area (Å²) in [4.78, 5) is 10.1. The molecule has 2 N–H and O–H groups in total. The number of nitrogens with one attached hydrogen (secondary N) is 1. The van der Waals surface area contributed by atoms with Gasteiger partial charge in [-0.2, -0.15) is 0 Å². The molecule has 92 valence electrons. The van der Waals surface area contributed by atoms with Crippen LogP contribution in [0.5, 0.6) is 0 Å². The van der Waals surface area contributed by atoms with Crippen LogP contribution in [0.25, 0.3) is 0 Å². The van der Waals surface area contributed by atoms with Crippen LogP contribution in [0.3, 0.4) is 0 Å². The van der Waals surface area contributed by atoms with E-state index in [1.807, 2.05) is 0 Å². The molecule has 0 saturated heterocycles. The number of aliphatic hydroxyl groups excluding tert-OH is 1. The Bertz CT molecular complexity index is 391. The van der Waals surface area contributed by atoms with Crippen molar-refractivity contribution >= 4 is 11.4 Å². The zero-order valence-electron chi connectivity index (χ0n) is 9.50. The van der Waals surface area contributed by atoms with E-state index in [1.54, 1.807) is 12.1 Å². The predicted molar refractivity (Wildman–Crippen MR) is 65.0 cm³/mol. The monoisotopic (exact) mass is 236 g/mol. The number of hydrogen-bond donors (Lipinski definition) is 2. The quantitative estimate of drug-likeness (QED) is 0.623. The van der Waals surface area contributed by atoms with Crippen molar-refractivity contribution in [2.75, 3.05) is 5.32 Å². The maximum Gasteiger partial charge on any atom is 0.269 e. The number of aliphatic hydroxyl groups is 1. The molecule has 2 atom stereocenters. The zero-order valence-corrected chi connectivity index (χ0v) is 9.50. The minimum absolute atomic E-state index is 0.0604. The third-order valence-electron chi connectivity index (χ3n) is 3.16. The summed E-state index contributed by atoms with van der Waals surface area (Å²) in [5, 5.41) is 23.5. The third-order valence-corrected chi connectivity index (χ3v) is 3.16. The van der Waals surface area contributed by atoms with Crippen molar-refractivity contribution in [2.24, 2.45) is 0 Å². The highest BCUT2D eigenvalue weighted by Gasteiger charge is 2.22. The van der Waals surface area contributed by atoms with Gasteiger partial charge < -0.3 is 10.4 Å². The molecule has 0 aromatic heterocycles. The van der Waals surface area contributed by atoms with Gasteiger partial charge in [-0.05, 0) is 25.0 Å². The van der Waals surface area contributed by atoms with Gasteiger partial charge in [0.15, 0.2) is 0 Å². The Morgan fingerprint density at radius 2 is 1.88 bits per heavy atom. The maximum atomic E-state index is 10.5. The van der Waals surface area contributed by atoms with E-state index >= 15 is 0 Å². The van der Waals surface area contributed by atoms with E-state index in [0.29, 0.717) is 0 Å². The number of nitrogens with zero attached hydrogens (tertiary/aromatic N) is 1. The standard InChI is InChI=1S/C12H16N2O3/c15-12-4-2-1-3-11(12)13-9-5-7-10(8-6-9)14(16)17/h5-8,11-13,15H,1-4H2/t11-,12-/m1/s1. The second-order valence-corrected chi connectivity index (χ2v) is 4.41. The Morgan fingerprint density at radius 3 is 2.47 bits per heavy atom. The van der Waals surface area contributed by atoms with Crippen molar-refractivity contribution in [3.05, 3.63) is 34.4 Å². The average Bonchev–Trinajstić information content (AvgIpc) is 2.33. The van der Waals surface area contributed by atoms with E-state index in [-0.39, 0.29) is 17.8 Å². The van der Waals surface area contributed by atoms with Crippen molar-refractivity contribution in [1.29, 1.82) is 0 Å². The van der Waals surface area contributed by atoms with Gasteiger partial charge in [0.2, 0.25) is 0 Å². The van der Waals surface area contributed by atoms with Crippen LogP contribution in [-0.2, 0) is 0 Å². The SMILES string of the molecule is O=[N+]([O-])c1ccc(N[C@@H]2CCCC[C@H]2O)cc1. The summed E-state index contributed by atoms with van der Waals surface area (Å²) >= 11 is 0. The molecule has 0 radical (unpaired) electrons. The van der Waals surface area contributed by atoms with Crippen LogP contribution in [-0.4, -0.2) is 22.2 Å². The molecule has 2 rings (SSSR count). The van der Waals surface area contributed by atoms with Crippen LogP contribution in [0.1, 0.15) is 25.7 Å². The number of hydrogen-bond acceptors (Lipinski definition) is 4. The summed E-state index contributed by atoms with van der Waals surface area (Å²) in [6.45, 7) is 0. The van der Waals surface area contributed by atoms with Gasteiger partial charge >= 0.3 is 0 Å². The van der Waals surface area contributed by atoms with Crippen molar-refractivity contribution in [3.63, 3.8) is 0 Å². The van der Waals surface area contributed by atoms with Crippen molar-refractivity contribution in [1.82, 2.24) is 0 Å². The van der Waals surface area contributed by atoms with Crippen molar-refractivity contribution in [2.45, 2.75) is 37.8 Å². The minimum Gasteiger partial charge on any atom is -0.391 e. The molecule has 0 aliphatic heterocycles. The van der Waals surface area contributed by atoms with E-state index < -0.39 is 4.92 Å². The lowest BCUT2D eigenvalue weighted by atomic mass is 9.92. The Hall–Kier alpha value is -1.62. The third kappa shape index (κ3) is 2.94. The summed E-state index contributed by atoms with van der Waals surface area (Å²) < 4.78 is 0. The molecule has 0 amide bonds. The average molecular weight is 236 g/mol. The Labute approximate surface area is 99.6 Å². The lowest BCUT2D eigenvalue weighted by Gasteiger charge is -2.29. The van der Waals surface area contributed by atoms with Gasteiger partial charge in [-0.25, -0.2) is 0 Å². The first kappa shape index (κ1) is 11.9. The van der Waals surface area contributed by atoms with Crippen LogP contribution in [0.15, 0.2) is 24.3 Å². The van der Waals surface area contributed by atoms with Crippen molar-refractivity contribution < 1.29 is 10.0 Å². The first-order chi connectivity index (χ1) is 8.16. The van der Waals surface area contributed by atoms with Gasteiger partial charge in [0.05, 0.1) is 17.1 Å².